The number of ether oxygens (including phenoxy) is 1. The van der Waals surface area contributed by atoms with Gasteiger partial charge in [-0.1, -0.05) is 30.3 Å². The highest BCUT2D eigenvalue weighted by Crippen LogP contribution is 2.55. The van der Waals surface area contributed by atoms with Crippen molar-refractivity contribution in [3.63, 3.8) is 0 Å². The fourth-order valence-electron chi connectivity index (χ4n) is 2.37. The third-order valence-corrected chi connectivity index (χ3v) is 3.56. The summed E-state index contributed by atoms with van der Waals surface area (Å²) in [5.41, 5.74) is -0.757. The number of aliphatic carboxylic acids is 1. The molecule has 1 aliphatic carbocycles. The van der Waals surface area contributed by atoms with E-state index in [9.17, 15) is 14.7 Å². The number of rotatable bonds is 4. The molecule has 114 valence electrons. The van der Waals surface area contributed by atoms with Crippen LogP contribution in [0, 0.1) is 5.41 Å². The molecule has 21 heavy (non-hydrogen) atoms. The molecule has 0 bridgehead atoms. The van der Waals surface area contributed by atoms with E-state index < -0.39 is 29.1 Å². The molecule has 1 atom stereocenters. The number of nitrogens with one attached hydrogen (secondary N) is 1. The zero-order valence-corrected chi connectivity index (χ0v) is 12.6. The first-order chi connectivity index (χ1) is 9.74. The SMILES string of the molecule is CC(C)(C)OC(=O)NC(c1ccccc1)C1(C(=O)O)CC1. The standard InChI is InChI=1S/C16H21NO4/c1-15(2,3)21-14(20)17-12(11-7-5-4-6-8-11)16(9-10-16)13(18)19/h4-8,12H,9-10H2,1-3H3,(H,17,20)(H,18,19). The molecule has 1 aromatic carbocycles. The Morgan fingerprint density at radius 1 is 1.24 bits per heavy atom. The maximum Gasteiger partial charge on any atom is 0.408 e. The Hall–Kier alpha value is -2.04. The highest BCUT2D eigenvalue weighted by molar-refractivity contribution is 5.80. The van der Waals surface area contributed by atoms with E-state index in [1.807, 2.05) is 30.3 Å². The molecule has 5 heteroatoms. The second-order valence-corrected chi connectivity index (χ2v) is 6.45. The lowest BCUT2D eigenvalue weighted by Gasteiger charge is -2.27. The van der Waals surface area contributed by atoms with Gasteiger partial charge in [0.05, 0.1) is 11.5 Å². The molecule has 0 radical (unpaired) electrons. The van der Waals surface area contributed by atoms with Gasteiger partial charge in [0, 0.05) is 0 Å². The van der Waals surface area contributed by atoms with Gasteiger partial charge < -0.3 is 15.2 Å². The fraction of sp³-hybridized carbons (Fsp3) is 0.500. The minimum absolute atomic E-state index is 0.553. The topological polar surface area (TPSA) is 75.6 Å². The number of benzene rings is 1. The molecule has 0 spiro atoms. The van der Waals surface area contributed by atoms with E-state index in [1.54, 1.807) is 20.8 Å². The summed E-state index contributed by atoms with van der Waals surface area (Å²) >= 11 is 0. The molecule has 1 saturated carbocycles. The molecule has 1 aliphatic rings. The Balaban J connectivity index is 2.22. The van der Waals surface area contributed by atoms with Crippen molar-refractivity contribution >= 4 is 12.1 Å². The van der Waals surface area contributed by atoms with Crippen LogP contribution in [0.15, 0.2) is 30.3 Å². The quantitative estimate of drug-likeness (QED) is 0.893. The van der Waals surface area contributed by atoms with Crippen LogP contribution in [0.3, 0.4) is 0 Å². The number of carboxylic acids is 1. The van der Waals surface area contributed by atoms with Crippen molar-refractivity contribution < 1.29 is 19.4 Å². The van der Waals surface area contributed by atoms with Gasteiger partial charge in [-0.25, -0.2) is 4.79 Å². The van der Waals surface area contributed by atoms with E-state index in [4.69, 9.17) is 4.74 Å². The number of hydrogen-bond donors (Lipinski definition) is 2. The maximum absolute atomic E-state index is 12.0. The summed E-state index contributed by atoms with van der Waals surface area (Å²) in [5, 5.41) is 12.2. The van der Waals surface area contributed by atoms with Crippen LogP contribution in [-0.4, -0.2) is 22.8 Å². The normalized spacial score (nSPS) is 17.7. The van der Waals surface area contributed by atoms with Gasteiger partial charge in [0.1, 0.15) is 5.60 Å². The van der Waals surface area contributed by atoms with Crippen LogP contribution in [-0.2, 0) is 9.53 Å². The molecular weight excluding hydrogens is 270 g/mol. The summed E-state index contributed by atoms with van der Waals surface area (Å²) in [6.45, 7) is 5.32. The smallest absolute Gasteiger partial charge is 0.408 e. The minimum Gasteiger partial charge on any atom is -0.481 e. The van der Waals surface area contributed by atoms with E-state index >= 15 is 0 Å². The van der Waals surface area contributed by atoms with E-state index in [-0.39, 0.29) is 0 Å². The molecule has 2 N–H and O–H groups in total. The molecule has 5 nitrogen and oxygen atoms in total. The molecule has 0 heterocycles. The predicted octanol–water partition coefficient (Wildman–Crippen LogP) is 3.12. The molecule has 1 amide bonds. The van der Waals surface area contributed by atoms with Gasteiger partial charge in [-0.05, 0) is 39.2 Å². The van der Waals surface area contributed by atoms with Gasteiger partial charge in [0.2, 0.25) is 0 Å². The first-order valence-corrected chi connectivity index (χ1v) is 7.02. The average molecular weight is 291 g/mol. The average Bonchev–Trinajstić information content (AvgIpc) is 3.16. The van der Waals surface area contributed by atoms with Crippen LogP contribution in [0.1, 0.15) is 45.2 Å². The number of amides is 1. The van der Waals surface area contributed by atoms with Gasteiger partial charge in [-0.2, -0.15) is 0 Å². The Kier molecular flexibility index (Phi) is 3.94. The lowest BCUT2D eigenvalue weighted by atomic mass is 9.90. The second-order valence-electron chi connectivity index (χ2n) is 6.45. The number of carbonyl (C=O) groups excluding carboxylic acids is 1. The van der Waals surface area contributed by atoms with Gasteiger partial charge >= 0.3 is 12.1 Å². The summed E-state index contributed by atoms with van der Waals surface area (Å²) in [5.74, 6) is -0.882. The molecule has 1 fully saturated rings. The van der Waals surface area contributed by atoms with E-state index in [0.29, 0.717) is 12.8 Å². The van der Waals surface area contributed by atoms with Crippen LogP contribution < -0.4 is 5.32 Å². The van der Waals surface area contributed by atoms with Crippen LogP contribution in [0.2, 0.25) is 0 Å². The van der Waals surface area contributed by atoms with Crippen LogP contribution in [0.25, 0.3) is 0 Å². The van der Waals surface area contributed by atoms with E-state index in [0.717, 1.165) is 5.56 Å². The van der Waals surface area contributed by atoms with Crippen molar-refractivity contribution in [2.24, 2.45) is 5.41 Å². The zero-order chi connectivity index (χ0) is 15.7. The fourth-order valence-corrected chi connectivity index (χ4v) is 2.37. The summed E-state index contributed by atoms with van der Waals surface area (Å²) in [6.07, 6.45) is 0.513. The molecular formula is C16H21NO4. The lowest BCUT2D eigenvalue weighted by molar-refractivity contribution is -0.144. The van der Waals surface area contributed by atoms with Crippen molar-refractivity contribution in [3.8, 4) is 0 Å². The number of alkyl carbamates (subject to hydrolysis) is 1. The van der Waals surface area contributed by atoms with Gasteiger partial charge in [-0.15, -0.1) is 0 Å². The molecule has 1 aromatic rings. The molecule has 2 rings (SSSR count). The summed E-state index contributed by atoms with van der Waals surface area (Å²) < 4.78 is 5.25. The Bertz CT molecular complexity index is 529. The Morgan fingerprint density at radius 2 is 1.81 bits per heavy atom. The lowest BCUT2D eigenvalue weighted by Crippen LogP contribution is -2.41. The maximum atomic E-state index is 12.0. The van der Waals surface area contributed by atoms with Crippen molar-refractivity contribution in [3.05, 3.63) is 35.9 Å². The molecule has 0 aliphatic heterocycles. The number of carbonyl (C=O) groups is 2. The molecule has 0 saturated heterocycles. The first kappa shape index (κ1) is 15.4. The Labute approximate surface area is 124 Å². The summed E-state index contributed by atoms with van der Waals surface area (Å²) in [7, 11) is 0. The third-order valence-electron chi connectivity index (χ3n) is 3.56. The number of carboxylic acid groups (broad SMARTS) is 1. The monoisotopic (exact) mass is 291 g/mol. The third kappa shape index (κ3) is 3.54. The highest BCUT2D eigenvalue weighted by Gasteiger charge is 2.57. The van der Waals surface area contributed by atoms with Gasteiger partial charge in [0.15, 0.2) is 0 Å². The number of hydrogen-bond acceptors (Lipinski definition) is 3. The highest BCUT2D eigenvalue weighted by atomic mass is 16.6. The van der Waals surface area contributed by atoms with Crippen molar-refractivity contribution in [2.75, 3.05) is 0 Å². The van der Waals surface area contributed by atoms with Crippen LogP contribution in [0.5, 0.6) is 0 Å². The second kappa shape index (κ2) is 5.39. The summed E-state index contributed by atoms with van der Waals surface area (Å²) in [4.78, 5) is 23.6. The Morgan fingerprint density at radius 3 is 2.24 bits per heavy atom. The zero-order valence-electron chi connectivity index (χ0n) is 12.6. The van der Waals surface area contributed by atoms with Crippen molar-refractivity contribution in [1.82, 2.24) is 5.32 Å². The minimum atomic E-state index is -0.918. The molecule has 1 unspecified atom stereocenters. The molecule has 0 aromatic heterocycles. The van der Waals surface area contributed by atoms with E-state index in [1.165, 1.54) is 0 Å². The van der Waals surface area contributed by atoms with E-state index in [2.05, 4.69) is 5.32 Å². The van der Waals surface area contributed by atoms with Gasteiger partial charge in [-0.3, -0.25) is 4.79 Å². The van der Waals surface area contributed by atoms with Crippen molar-refractivity contribution in [1.29, 1.82) is 0 Å². The largest absolute Gasteiger partial charge is 0.481 e. The predicted molar refractivity (Wildman–Crippen MR) is 77.9 cm³/mol. The summed E-state index contributed by atoms with van der Waals surface area (Å²) in [6, 6.07) is 8.59. The van der Waals surface area contributed by atoms with Crippen molar-refractivity contribution in [2.45, 2.75) is 45.3 Å². The first-order valence-electron chi connectivity index (χ1n) is 7.02. The van der Waals surface area contributed by atoms with Crippen LogP contribution >= 0.6 is 0 Å². The van der Waals surface area contributed by atoms with Gasteiger partial charge in [0.25, 0.3) is 0 Å². The van der Waals surface area contributed by atoms with Crippen LogP contribution in [0.4, 0.5) is 4.79 Å².